The van der Waals surface area contributed by atoms with Crippen LogP contribution in [0.5, 0.6) is 17.2 Å². The molecule has 0 saturated heterocycles. The second-order valence-corrected chi connectivity index (χ2v) is 4.36. The monoisotopic (exact) mass is 291 g/mol. The predicted molar refractivity (Wildman–Crippen MR) is 79.3 cm³/mol. The molecule has 0 aliphatic heterocycles. The summed E-state index contributed by atoms with van der Waals surface area (Å²) in [6.45, 7) is 0. The summed E-state index contributed by atoms with van der Waals surface area (Å²) in [5, 5.41) is 9.88. The van der Waals surface area contributed by atoms with Gasteiger partial charge in [-0.2, -0.15) is 9.97 Å². The topological polar surface area (TPSA) is 143 Å². The molecular formula is C13H17N5O3. The largest absolute Gasteiger partial charge is 0.502 e. The van der Waals surface area contributed by atoms with Gasteiger partial charge in [-0.1, -0.05) is 0 Å². The van der Waals surface area contributed by atoms with Crippen molar-refractivity contribution in [1.82, 2.24) is 9.97 Å². The maximum Gasteiger partial charge on any atom is 0.223 e. The summed E-state index contributed by atoms with van der Waals surface area (Å²) in [6.07, 6.45) is 0.352. The molecule has 0 radical (unpaired) electrons. The molecular weight excluding hydrogens is 274 g/mol. The number of ether oxygens (including phenoxy) is 2. The van der Waals surface area contributed by atoms with Crippen molar-refractivity contribution in [2.24, 2.45) is 0 Å². The average Bonchev–Trinajstić information content (AvgIpc) is 2.44. The van der Waals surface area contributed by atoms with E-state index in [0.717, 1.165) is 5.56 Å². The summed E-state index contributed by atoms with van der Waals surface area (Å²) >= 11 is 0. The first-order valence-corrected chi connectivity index (χ1v) is 6.07. The number of benzene rings is 1. The van der Waals surface area contributed by atoms with Crippen LogP contribution in [0, 0.1) is 0 Å². The van der Waals surface area contributed by atoms with Crippen LogP contribution in [0.2, 0.25) is 0 Å². The van der Waals surface area contributed by atoms with Crippen molar-refractivity contribution in [2.75, 3.05) is 31.4 Å². The van der Waals surface area contributed by atoms with Crippen molar-refractivity contribution >= 4 is 17.6 Å². The minimum atomic E-state index is -0.0711. The Labute approximate surface area is 121 Å². The number of hydrogen-bond donors (Lipinski definition) is 4. The fraction of sp³-hybridized carbons (Fsp3) is 0.231. The van der Waals surface area contributed by atoms with Crippen LogP contribution in [0.3, 0.4) is 0 Å². The van der Waals surface area contributed by atoms with Crippen molar-refractivity contribution < 1.29 is 14.6 Å². The van der Waals surface area contributed by atoms with E-state index >= 15 is 0 Å². The summed E-state index contributed by atoms with van der Waals surface area (Å²) in [6, 6.07) is 3.32. The van der Waals surface area contributed by atoms with Crippen molar-refractivity contribution in [3.8, 4) is 17.2 Å². The van der Waals surface area contributed by atoms with Gasteiger partial charge in [-0.15, -0.1) is 0 Å². The number of methoxy groups -OCH3 is 2. The van der Waals surface area contributed by atoms with Crippen molar-refractivity contribution in [1.29, 1.82) is 0 Å². The fourth-order valence-corrected chi connectivity index (χ4v) is 1.97. The van der Waals surface area contributed by atoms with Gasteiger partial charge in [0.15, 0.2) is 11.5 Å². The third-order valence-corrected chi connectivity index (χ3v) is 3.01. The van der Waals surface area contributed by atoms with Gasteiger partial charge >= 0.3 is 0 Å². The lowest BCUT2D eigenvalue weighted by Gasteiger charge is -2.13. The van der Waals surface area contributed by atoms with Crippen LogP contribution in [-0.2, 0) is 6.42 Å². The normalized spacial score (nSPS) is 10.4. The zero-order valence-corrected chi connectivity index (χ0v) is 11.8. The van der Waals surface area contributed by atoms with Crippen LogP contribution in [-0.4, -0.2) is 29.3 Å². The molecule has 0 aliphatic rings. The van der Waals surface area contributed by atoms with Gasteiger partial charge < -0.3 is 31.8 Å². The van der Waals surface area contributed by atoms with Gasteiger partial charge in [-0.05, 0) is 17.7 Å². The maximum absolute atomic E-state index is 9.88. The molecule has 0 atom stereocenters. The molecule has 21 heavy (non-hydrogen) atoms. The summed E-state index contributed by atoms with van der Waals surface area (Å²) in [7, 11) is 2.90. The molecule has 0 fully saturated rings. The van der Waals surface area contributed by atoms with E-state index in [-0.39, 0.29) is 34.8 Å². The van der Waals surface area contributed by atoms with Gasteiger partial charge in [0.1, 0.15) is 11.6 Å². The van der Waals surface area contributed by atoms with Gasteiger partial charge in [0.25, 0.3) is 0 Å². The minimum Gasteiger partial charge on any atom is -0.502 e. The molecule has 8 heteroatoms. The third kappa shape index (κ3) is 2.83. The number of nitrogens with zero attached hydrogens (tertiary/aromatic N) is 2. The molecule has 112 valence electrons. The summed E-state index contributed by atoms with van der Waals surface area (Å²) in [4.78, 5) is 7.77. The smallest absolute Gasteiger partial charge is 0.223 e. The first-order valence-electron chi connectivity index (χ1n) is 6.07. The predicted octanol–water partition coefficient (Wildman–Crippen LogP) is 0.537. The number of aromatic hydroxyl groups is 1. The lowest BCUT2D eigenvalue weighted by molar-refractivity contribution is 0.339. The standard InChI is InChI=1S/C13H17N5O3/c1-20-8-4-6(5-9(21-2)10(8)19)3-7-11(14)17-13(16)18-12(7)15/h4-5,19H,3H2,1-2H3,(H6,14,15,16,17,18). The lowest BCUT2D eigenvalue weighted by Crippen LogP contribution is -2.09. The highest BCUT2D eigenvalue weighted by atomic mass is 16.5. The zero-order chi connectivity index (χ0) is 15.6. The van der Waals surface area contributed by atoms with Crippen LogP contribution in [0.4, 0.5) is 17.6 Å². The third-order valence-electron chi connectivity index (χ3n) is 3.01. The zero-order valence-electron chi connectivity index (χ0n) is 11.8. The molecule has 0 aliphatic carbocycles. The first kappa shape index (κ1) is 14.5. The lowest BCUT2D eigenvalue weighted by atomic mass is 10.0. The Kier molecular flexibility index (Phi) is 3.88. The summed E-state index contributed by atoms with van der Waals surface area (Å²) < 4.78 is 10.2. The van der Waals surface area contributed by atoms with Gasteiger partial charge in [0.2, 0.25) is 11.7 Å². The van der Waals surface area contributed by atoms with E-state index in [1.54, 1.807) is 12.1 Å². The number of phenolic OH excluding ortho intramolecular Hbond substituents is 1. The van der Waals surface area contributed by atoms with E-state index in [1.807, 2.05) is 0 Å². The number of phenols is 1. The van der Waals surface area contributed by atoms with E-state index in [2.05, 4.69) is 9.97 Å². The molecule has 1 aromatic carbocycles. The van der Waals surface area contributed by atoms with Gasteiger partial charge in [-0.3, -0.25) is 0 Å². The Balaban J connectivity index is 2.45. The van der Waals surface area contributed by atoms with Crippen molar-refractivity contribution in [3.05, 3.63) is 23.3 Å². The average molecular weight is 291 g/mol. The second-order valence-electron chi connectivity index (χ2n) is 4.36. The number of rotatable bonds is 4. The molecule has 2 rings (SSSR count). The van der Waals surface area contributed by atoms with E-state index in [0.29, 0.717) is 12.0 Å². The molecule has 2 aromatic rings. The molecule has 0 amide bonds. The number of hydrogen-bond acceptors (Lipinski definition) is 8. The number of nitrogen functional groups attached to an aromatic ring is 3. The Morgan fingerprint density at radius 1 is 1.00 bits per heavy atom. The van der Waals surface area contributed by atoms with Crippen LogP contribution in [0.15, 0.2) is 12.1 Å². The first-order chi connectivity index (χ1) is 9.96. The molecule has 0 saturated carbocycles. The number of aromatic nitrogens is 2. The molecule has 0 bridgehead atoms. The molecule has 0 spiro atoms. The van der Waals surface area contributed by atoms with Crippen LogP contribution < -0.4 is 26.7 Å². The molecule has 1 aromatic heterocycles. The van der Waals surface area contributed by atoms with Gasteiger partial charge in [-0.25, -0.2) is 0 Å². The van der Waals surface area contributed by atoms with E-state index in [1.165, 1.54) is 14.2 Å². The Bertz CT molecular complexity index is 627. The van der Waals surface area contributed by atoms with Crippen LogP contribution >= 0.6 is 0 Å². The van der Waals surface area contributed by atoms with Crippen molar-refractivity contribution in [3.63, 3.8) is 0 Å². The second kappa shape index (κ2) is 5.61. The van der Waals surface area contributed by atoms with Crippen molar-refractivity contribution in [2.45, 2.75) is 6.42 Å². The van der Waals surface area contributed by atoms with E-state index in [4.69, 9.17) is 26.7 Å². The van der Waals surface area contributed by atoms with Crippen LogP contribution in [0.1, 0.15) is 11.1 Å². The molecule has 1 heterocycles. The Hall–Kier alpha value is -2.90. The molecule has 0 unspecified atom stereocenters. The van der Waals surface area contributed by atoms with Crippen LogP contribution in [0.25, 0.3) is 0 Å². The Morgan fingerprint density at radius 2 is 1.48 bits per heavy atom. The SMILES string of the molecule is COc1cc(Cc2c(N)nc(N)nc2N)cc(OC)c1O. The summed E-state index contributed by atoms with van der Waals surface area (Å²) in [5.41, 5.74) is 18.4. The number of nitrogens with two attached hydrogens (primary N) is 3. The van der Waals surface area contributed by atoms with Gasteiger partial charge in [0.05, 0.1) is 14.2 Å². The highest BCUT2D eigenvalue weighted by Gasteiger charge is 2.15. The highest BCUT2D eigenvalue weighted by molar-refractivity contribution is 5.59. The molecule has 7 N–H and O–H groups in total. The molecule has 8 nitrogen and oxygen atoms in total. The summed E-state index contributed by atoms with van der Waals surface area (Å²) in [5.74, 6) is 0.959. The van der Waals surface area contributed by atoms with E-state index < -0.39 is 0 Å². The number of anilines is 3. The fourth-order valence-electron chi connectivity index (χ4n) is 1.97. The van der Waals surface area contributed by atoms with Gasteiger partial charge in [0, 0.05) is 12.0 Å². The highest BCUT2D eigenvalue weighted by Crippen LogP contribution is 2.38. The maximum atomic E-state index is 9.88. The minimum absolute atomic E-state index is 0.0228. The van der Waals surface area contributed by atoms with E-state index in [9.17, 15) is 5.11 Å². The Morgan fingerprint density at radius 3 is 1.90 bits per heavy atom. The quantitative estimate of drug-likeness (QED) is 0.639.